The molecule has 1 aliphatic rings. The molecule has 0 atom stereocenters. The van der Waals surface area contributed by atoms with Crippen molar-refractivity contribution in [1.29, 1.82) is 0 Å². The van der Waals surface area contributed by atoms with E-state index in [1.54, 1.807) is 24.6 Å². The van der Waals surface area contributed by atoms with Crippen LogP contribution in [0.25, 0.3) is 11.6 Å². The highest BCUT2D eigenvalue weighted by Gasteiger charge is 2.21. The molecule has 0 aromatic carbocycles. The maximum Gasteiger partial charge on any atom is 0.238 e. The van der Waals surface area contributed by atoms with Crippen molar-refractivity contribution in [2.24, 2.45) is 0 Å². The zero-order valence-corrected chi connectivity index (χ0v) is 15.2. The molecule has 0 unspecified atom stereocenters. The Labute approximate surface area is 156 Å². The lowest BCUT2D eigenvalue weighted by molar-refractivity contribution is -0.116. The van der Waals surface area contributed by atoms with Crippen LogP contribution < -0.4 is 5.32 Å². The average Bonchev–Trinajstić information content (AvgIpc) is 3.42. The number of nitrogens with zero attached hydrogens (tertiary/aromatic N) is 5. The summed E-state index contributed by atoms with van der Waals surface area (Å²) in [6.45, 7) is 2.07. The molecule has 27 heavy (non-hydrogen) atoms. The number of aromatic nitrogens is 4. The first-order chi connectivity index (χ1) is 13.2. The molecule has 0 aliphatic carbocycles. The van der Waals surface area contributed by atoms with Crippen molar-refractivity contribution in [2.75, 3.05) is 25.5 Å². The summed E-state index contributed by atoms with van der Waals surface area (Å²) >= 11 is 0. The zero-order chi connectivity index (χ0) is 18.6. The fraction of sp³-hybridized carbons (Fsp3) is 0.444. The lowest BCUT2D eigenvalue weighted by atomic mass is 10.1. The number of hydrogen-bond acceptors (Lipinski definition) is 7. The van der Waals surface area contributed by atoms with Crippen molar-refractivity contribution in [3.63, 3.8) is 0 Å². The van der Waals surface area contributed by atoms with Crippen molar-refractivity contribution in [3.8, 4) is 11.6 Å². The Balaban J connectivity index is 1.32. The molecule has 9 heteroatoms. The standard InChI is InChI=1S/C18H22N6O3/c1-23-10-7-13(8-11-23)24-15(6-9-19-24)20-16(25)4-5-17-21-18(22-27-17)14-3-2-12-26-14/h2-3,6,9,12-13H,4-5,7-8,10-11H2,1H3,(H,20,25). The fourth-order valence-electron chi connectivity index (χ4n) is 3.23. The molecule has 1 amide bonds. The molecule has 9 nitrogen and oxygen atoms in total. The summed E-state index contributed by atoms with van der Waals surface area (Å²) in [6.07, 6.45) is 5.94. The average molecular weight is 370 g/mol. The van der Waals surface area contributed by atoms with Crippen molar-refractivity contribution in [3.05, 3.63) is 36.5 Å². The number of piperidine rings is 1. The van der Waals surface area contributed by atoms with Gasteiger partial charge >= 0.3 is 0 Å². The second-order valence-corrected chi connectivity index (χ2v) is 6.73. The van der Waals surface area contributed by atoms with E-state index >= 15 is 0 Å². The quantitative estimate of drug-likeness (QED) is 0.710. The van der Waals surface area contributed by atoms with Gasteiger partial charge in [-0.1, -0.05) is 5.16 Å². The number of anilines is 1. The largest absolute Gasteiger partial charge is 0.461 e. The van der Waals surface area contributed by atoms with Gasteiger partial charge in [-0.3, -0.25) is 4.79 Å². The molecule has 4 heterocycles. The van der Waals surface area contributed by atoms with Gasteiger partial charge in [0.1, 0.15) is 5.82 Å². The second kappa shape index (κ2) is 7.75. The number of aryl methyl sites for hydroxylation is 1. The first-order valence-corrected chi connectivity index (χ1v) is 9.07. The third kappa shape index (κ3) is 4.08. The monoisotopic (exact) mass is 370 g/mol. The van der Waals surface area contributed by atoms with Crippen LogP contribution in [-0.2, 0) is 11.2 Å². The molecule has 0 bridgehead atoms. The minimum atomic E-state index is -0.109. The molecule has 1 aliphatic heterocycles. The van der Waals surface area contributed by atoms with E-state index < -0.39 is 0 Å². The number of likely N-dealkylation sites (tertiary alicyclic amines) is 1. The molecule has 3 aromatic heterocycles. The van der Waals surface area contributed by atoms with Crippen LogP contribution in [0.5, 0.6) is 0 Å². The lowest BCUT2D eigenvalue weighted by Gasteiger charge is -2.30. The van der Waals surface area contributed by atoms with E-state index in [1.165, 1.54) is 0 Å². The number of carbonyl (C=O) groups excluding carboxylic acids is 1. The molecule has 1 saturated heterocycles. The first kappa shape index (κ1) is 17.5. The van der Waals surface area contributed by atoms with Crippen LogP contribution in [0.15, 0.2) is 39.6 Å². The number of nitrogens with one attached hydrogen (secondary N) is 1. The van der Waals surface area contributed by atoms with Gasteiger partial charge in [-0.2, -0.15) is 10.1 Å². The zero-order valence-electron chi connectivity index (χ0n) is 15.2. The van der Waals surface area contributed by atoms with Gasteiger partial charge in [0.15, 0.2) is 5.76 Å². The highest BCUT2D eigenvalue weighted by molar-refractivity contribution is 5.89. The Bertz CT molecular complexity index is 877. The van der Waals surface area contributed by atoms with Gasteiger partial charge in [-0.15, -0.1) is 0 Å². The van der Waals surface area contributed by atoms with Gasteiger partial charge in [-0.25, -0.2) is 4.68 Å². The van der Waals surface area contributed by atoms with Gasteiger partial charge in [0.05, 0.1) is 18.5 Å². The Morgan fingerprint density at radius 1 is 1.33 bits per heavy atom. The van der Waals surface area contributed by atoms with Crippen molar-refractivity contribution in [2.45, 2.75) is 31.7 Å². The summed E-state index contributed by atoms with van der Waals surface area (Å²) in [5.41, 5.74) is 0. The minimum absolute atomic E-state index is 0.109. The molecular formula is C18H22N6O3. The molecular weight excluding hydrogens is 348 g/mol. The predicted molar refractivity (Wildman–Crippen MR) is 96.9 cm³/mol. The van der Waals surface area contributed by atoms with Gasteiger partial charge in [0.2, 0.25) is 17.6 Å². The summed E-state index contributed by atoms with van der Waals surface area (Å²) in [5, 5.41) is 11.2. The molecule has 4 rings (SSSR count). The summed E-state index contributed by atoms with van der Waals surface area (Å²) in [4.78, 5) is 18.9. The number of carbonyl (C=O) groups is 1. The van der Waals surface area contributed by atoms with E-state index in [0.29, 0.717) is 29.9 Å². The topological polar surface area (TPSA) is 102 Å². The third-order valence-corrected chi connectivity index (χ3v) is 4.75. The van der Waals surface area contributed by atoms with Crippen LogP contribution in [0.2, 0.25) is 0 Å². The van der Waals surface area contributed by atoms with E-state index in [1.807, 2.05) is 10.7 Å². The van der Waals surface area contributed by atoms with Crippen LogP contribution in [0, 0.1) is 0 Å². The fourth-order valence-corrected chi connectivity index (χ4v) is 3.23. The normalized spacial score (nSPS) is 15.9. The Morgan fingerprint density at radius 2 is 2.19 bits per heavy atom. The molecule has 0 spiro atoms. The summed E-state index contributed by atoms with van der Waals surface area (Å²) < 4.78 is 12.3. The van der Waals surface area contributed by atoms with Gasteiger partial charge in [-0.05, 0) is 45.1 Å². The van der Waals surface area contributed by atoms with Gasteiger partial charge in [0, 0.05) is 18.9 Å². The van der Waals surface area contributed by atoms with E-state index in [0.717, 1.165) is 31.7 Å². The van der Waals surface area contributed by atoms with Crippen LogP contribution in [-0.4, -0.2) is 50.9 Å². The van der Waals surface area contributed by atoms with E-state index in [2.05, 4.69) is 32.5 Å². The number of hydrogen-bond donors (Lipinski definition) is 1. The van der Waals surface area contributed by atoms with Crippen LogP contribution in [0.1, 0.15) is 31.2 Å². The number of amides is 1. The maximum atomic E-state index is 12.3. The summed E-state index contributed by atoms with van der Waals surface area (Å²) in [7, 11) is 2.12. The van der Waals surface area contributed by atoms with Gasteiger partial charge in [0.25, 0.3) is 0 Å². The smallest absolute Gasteiger partial charge is 0.238 e. The molecule has 1 fully saturated rings. The van der Waals surface area contributed by atoms with E-state index in [9.17, 15) is 4.79 Å². The SMILES string of the molecule is CN1CCC(n2nccc2NC(=O)CCc2nc(-c3ccco3)no2)CC1. The highest BCUT2D eigenvalue weighted by Crippen LogP contribution is 2.24. The van der Waals surface area contributed by atoms with E-state index in [-0.39, 0.29) is 12.3 Å². The molecule has 0 radical (unpaired) electrons. The summed E-state index contributed by atoms with van der Waals surface area (Å²) in [6, 6.07) is 5.66. The predicted octanol–water partition coefficient (Wildman–Crippen LogP) is 2.36. The Kier molecular flexibility index (Phi) is 5.01. The van der Waals surface area contributed by atoms with E-state index in [4.69, 9.17) is 8.94 Å². The number of rotatable bonds is 6. The van der Waals surface area contributed by atoms with Gasteiger partial charge < -0.3 is 19.2 Å². The molecule has 3 aromatic rings. The second-order valence-electron chi connectivity index (χ2n) is 6.73. The maximum absolute atomic E-state index is 12.3. The molecule has 0 saturated carbocycles. The Hall–Kier alpha value is -2.94. The lowest BCUT2D eigenvalue weighted by Crippen LogP contribution is -2.32. The molecule has 142 valence electrons. The van der Waals surface area contributed by atoms with Crippen LogP contribution in [0.3, 0.4) is 0 Å². The molecule has 1 N–H and O–H groups in total. The first-order valence-electron chi connectivity index (χ1n) is 9.07. The van der Waals surface area contributed by atoms with Crippen LogP contribution >= 0.6 is 0 Å². The summed E-state index contributed by atoms with van der Waals surface area (Å²) in [5.74, 6) is 1.95. The minimum Gasteiger partial charge on any atom is -0.461 e. The number of furan rings is 1. The van der Waals surface area contributed by atoms with Crippen LogP contribution in [0.4, 0.5) is 5.82 Å². The third-order valence-electron chi connectivity index (χ3n) is 4.75. The Morgan fingerprint density at radius 3 is 2.96 bits per heavy atom. The van der Waals surface area contributed by atoms with Crippen molar-refractivity contribution >= 4 is 11.7 Å². The van der Waals surface area contributed by atoms with Crippen molar-refractivity contribution < 1.29 is 13.7 Å². The highest BCUT2D eigenvalue weighted by atomic mass is 16.5. The van der Waals surface area contributed by atoms with Crippen molar-refractivity contribution in [1.82, 2.24) is 24.8 Å².